The maximum atomic E-state index is 5.37. The highest BCUT2D eigenvalue weighted by molar-refractivity contribution is 5.62. The number of nitrogens with zero attached hydrogens (tertiary/aromatic N) is 1. The molecule has 0 atom stereocenters. The van der Waals surface area contributed by atoms with Crippen molar-refractivity contribution >= 4 is 5.88 Å². The van der Waals surface area contributed by atoms with Crippen LogP contribution in [-0.4, -0.2) is 5.16 Å². The van der Waals surface area contributed by atoms with Crippen LogP contribution in [0.5, 0.6) is 0 Å². The van der Waals surface area contributed by atoms with Gasteiger partial charge in [0.15, 0.2) is 0 Å². The Morgan fingerprint density at radius 1 is 1.50 bits per heavy atom. The fourth-order valence-corrected chi connectivity index (χ4v) is 1.07. The summed E-state index contributed by atoms with van der Waals surface area (Å²) in [7, 11) is 0. The summed E-state index contributed by atoms with van der Waals surface area (Å²) in [6.07, 6.45) is 1.61. The molecule has 12 heavy (non-hydrogen) atoms. The summed E-state index contributed by atoms with van der Waals surface area (Å²) in [6.45, 7) is 1.86. The Bertz CT molecular complexity index is 389. The Morgan fingerprint density at radius 3 is 2.83 bits per heavy atom. The van der Waals surface area contributed by atoms with Gasteiger partial charge in [0.1, 0.15) is 11.5 Å². The maximum absolute atomic E-state index is 5.37. The van der Waals surface area contributed by atoms with Crippen LogP contribution >= 0.6 is 0 Å². The number of nitrogen functional groups attached to an aromatic ring is 1. The molecule has 2 rings (SSSR count). The predicted molar refractivity (Wildman–Crippen MR) is 43.4 cm³/mol. The molecule has 2 aromatic rings. The van der Waals surface area contributed by atoms with Gasteiger partial charge in [0.05, 0.1) is 6.26 Å². The van der Waals surface area contributed by atoms with Crippen LogP contribution in [0, 0.1) is 6.92 Å². The van der Waals surface area contributed by atoms with Gasteiger partial charge in [0.2, 0.25) is 5.88 Å². The lowest BCUT2D eigenvalue weighted by Crippen LogP contribution is -1.76. The van der Waals surface area contributed by atoms with Crippen molar-refractivity contribution in [1.82, 2.24) is 5.16 Å². The van der Waals surface area contributed by atoms with Gasteiger partial charge in [-0.1, -0.05) is 5.16 Å². The lowest BCUT2D eigenvalue weighted by atomic mass is 10.2. The van der Waals surface area contributed by atoms with Crippen molar-refractivity contribution in [3.63, 3.8) is 0 Å². The smallest absolute Gasteiger partial charge is 0.222 e. The summed E-state index contributed by atoms with van der Waals surface area (Å²) in [5.41, 5.74) is 6.99. The van der Waals surface area contributed by atoms with E-state index in [0.717, 1.165) is 11.3 Å². The highest BCUT2D eigenvalue weighted by Crippen LogP contribution is 2.24. The molecule has 2 aromatic heterocycles. The standard InChI is InChI=1S/C8H8N2O2/c1-5-6(2-3-11-5)7-4-8(9)12-10-7/h2-4H,9H2,1H3. The molecule has 0 aromatic carbocycles. The zero-order valence-electron chi connectivity index (χ0n) is 6.57. The Labute approximate surface area is 69.0 Å². The molecule has 0 saturated carbocycles. The Kier molecular flexibility index (Phi) is 1.40. The van der Waals surface area contributed by atoms with Gasteiger partial charge in [-0.2, -0.15) is 0 Å². The molecular formula is C8H8N2O2. The molecule has 62 valence electrons. The van der Waals surface area contributed by atoms with Crippen LogP contribution in [0.15, 0.2) is 27.3 Å². The Hall–Kier alpha value is -1.71. The maximum Gasteiger partial charge on any atom is 0.222 e. The molecule has 0 aliphatic carbocycles. The van der Waals surface area contributed by atoms with Crippen molar-refractivity contribution in [3.05, 3.63) is 24.2 Å². The average molecular weight is 164 g/mol. The van der Waals surface area contributed by atoms with Crippen molar-refractivity contribution in [1.29, 1.82) is 0 Å². The van der Waals surface area contributed by atoms with Gasteiger partial charge in [0.25, 0.3) is 0 Å². The van der Waals surface area contributed by atoms with Crippen LogP contribution in [-0.2, 0) is 0 Å². The van der Waals surface area contributed by atoms with E-state index in [1.807, 2.05) is 13.0 Å². The van der Waals surface area contributed by atoms with Crippen LogP contribution in [0.2, 0.25) is 0 Å². The zero-order valence-corrected chi connectivity index (χ0v) is 6.57. The molecule has 2 N–H and O–H groups in total. The van der Waals surface area contributed by atoms with Crippen molar-refractivity contribution in [2.45, 2.75) is 6.92 Å². The van der Waals surface area contributed by atoms with E-state index in [0.29, 0.717) is 11.6 Å². The molecule has 0 fully saturated rings. The summed E-state index contributed by atoms with van der Waals surface area (Å²) in [4.78, 5) is 0. The number of furan rings is 1. The lowest BCUT2D eigenvalue weighted by molar-refractivity contribution is 0.439. The summed E-state index contributed by atoms with van der Waals surface area (Å²) in [5.74, 6) is 1.12. The molecule has 0 aliphatic rings. The fraction of sp³-hybridized carbons (Fsp3) is 0.125. The van der Waals surface area contributed by atoms with E-state index in [1.165, 1.54) is 0 Å². The van der Waals surface area contributed by atoms with Gasteiger partial charge in [0, 0.05) is 11.6 Å². The highest BCUT2D eigenvalue weighted by atomic mass is 16.5. The van der Waals surface area contributed by atoms with Gasteiger partial charge >= 0.3 is 0 Å². The number of anilines is 1. The normalized spacial score (nSPS) is 10.4. The molecule has 4 heteroatoms. The Morgan fingerprint density at radius 2 is 2.33 bits per heavy atom. The minimum absolute atomic E-state index is 0.311. The van der Waals surface area contributed by atoms with Gasteiger partial charge in [-0.15, -0.1) is 0 Å². The van der Waals surface area contributed by atoms with Crippen LogP contribution in [0.4, 0.5) is 5.88 Å². The second-order valence-corrected chi connectivity index (χ2v) is 2.50. The number of aromatic nitrogens is 1. The molecule has 0 spiro atoms. The van der Waals surface area contributed by atoms with Crippen molar-refractivity contribution in [2.75, 3.05) is 5.73 Å². The number of nitrogens with two attached hydrogens (primary N) is 1. The number of hydrogen-bond donors (Lipinski definition) is 1. The van der Waals surface area contributed by atoms with Crippen LogP contribution in [0.25, 0.3) is 11.3 Å². The van der Waals surface area contributed by atoms with Gasteiger partial charge in [-0.05, 0) is 13.0 Å². The van der Waals surface area contributed by atoms with Crippen LogP contribution in [0.3, 0.4) is 0 Å². The fourth-order valence-electron chi connectivity index (χ4n) is 1.07. The number of rotatable bonds is 1. The van der Waals surface area contributed by atoms with Gasteiger partial charge < -0.3 is 14.7 Å². The van der Waals surface area contributed by atoms with Crippen molar-refractivity contribution < 1.29 is 8.94 Å². The van der Waals surface area contributed by atoms with E-state index in [9.17, 15) is 0 Å². The van der Waals surface area contributed by atoms with Crippen molar-refractivity contribution in [2.24, 2.45) is 0 Å². The summed E-state index contributed by atoms with van der Waals surface area (Å²) >= 11 is 0. The molecule has 4 nitrogen and oxygen atoms in total. The topological polar surface area (TPSA) is 65.2 Å². The molecule has 2 heterocycles. The zero-order chi connectivity index (χ0) is 8.55. The van der Waals surface area contributed by atoms with Gasteiger partial charge in [-0.25, -0.2) is 0 Å². The van der Waals surface area contributed by atoms with E-state index < -0.39 is 0 Å². The molecular weight excluding hydrogens is 156 g/mol. The lowest BCUT2D eigenvalue weighted by Gasteiger charge is -1.87. The van der Waals surface area contributed by atoms with Crippen LogP contribution < -0.4 is 5.73 Å². The first kappa shape index (κ1) is 6.97. The summed E-state index contributed by atoms with van der Waals surface area (Å²) in [5, 5.41) is 3.76. The first-order valence-corrected chi connectivity index (χ1v) is 3.54. The number of aryl methyl sites for hydroxylation is 1. The molecule has 0 radical (unpaired) electrons. The molecule has 0 aliphatic heterocycles. The quantitative estimate of drug-likeness (QED) is 0.698. The second-order valence-electron chi connectivity index (χ2n) is 2.50. The first-order valence-electron chi connectivity index (χ1n) is 3.54. The number of hydrogen-bond acceptors (Lipinski definition) is 4. The molecule has 0 saturated heterocycles. The second kappa shape index (κ2) is 2.41. The first-order chi connectivity index (χ1) is 5.77. The van der Waals surface area contributed by atoms with Crippen LogP contribution in [0.1, 0.15) is 5.76 Å². The Balaban J connectivity index is 2.50. The third-order valence-electron chi connectivity index (χ3n) is 1.66. The van der Waals surface area contributed by atoms with Gasteiger partial charge in [-0.3, -0.25) is 0 Å². The van der Waals surface area contributed by atoms with E-state index >= 15 is 0 Å². The minimum Gasteiger partial charge on any atom is -0.469 e. The van der Waals surface area contributed by atoms with Crippen molar-refractivity contribution in [3.8, 4) is 11.3 Å². The SMILES string of the molecule is Cc1occc1-c1cc(N)on1. The largest absolute Gasteiger partial charge is 0.469 e. The predicted octanol–water partition coefficient (Wildman–Crippen LogP) is 1.83. The molecule has 0 amide bonds. The third kappa shape index (κ3) is 0.972. The van der Waals surface area contributed by atoms with E-state index in [2.05, 4.69) is 5.16 Å². The van der Waals surface area contributed by atoms with E-state index in [-0.39, 0.29) is 0 Å². The minimum atomic E-state index is 0.311. The third-order valence-corrected chi connectivity index (χ3v) is 1.66. The van der Waals surface area contributed by atoms with E-state index in [1.54, 1.807) is 12.3 Å². The summed E-state index contributed by atoms with van der Waals surface area (Å²) in [6, 6.07) is 3.49. The molecule has 0 bridgehead atoms. The average Bonchev–Trinajstić information content (AvgIpc) is 2.58. The highest BCUT2D eigenvalue weighted by Gasteiger charge is 2.08. The monoisotopic (exact) mass is 164 g/mol. The van der Waals surface area contributed by atoms with E-state index in [4.69, 9.17) is 14.7 Å². The molecule has 0 unspecified atom stereocenters. The summed E-state index contributed by atoms with van der Waals surface area (Å²) < 4.78 is 9.84.